The molecule has 11 heteroatoms. The molecule has 47 heavy (non-hydrogen) atoms. The van der Waals surface area contributed by atoms with Crippen molar-refractivity contribution >= 4 is 57.0 Å². The maximum Gasteiger partial charge on any atom is 0.269 e. The third-order valence-electron chi connectivity index (χ3n) is 8.35. The average molecular weight is 669 g/mol. The van der Waals surface area contributed by atoms with Gasteiger partial charge in [0.25, 0.3) is 11.6 Å². The van der Waals surface area contributed by atoms with Crippen LogP contribution < -0.4 is 10.7 Å². The van der Waals surface area contributed by atoms with Gasteiger partial charge in [-0.15, -0.1) is 0 Å². The molecule has 0 bridgehead atoms. The van der Waals surface area contributed by atoms with Gasteiger partial charge in [0.15, 0.2) is 5.11 Å². The number of nitro benzene ring substituents is 1. The Morgan fingerprint density at radius 2 is 1.77 bits per heavy atom. The second-order valence-corrected chi connectivity index (χ2v) is 12.4. The Balaban J connectivity index is 1.53. The van der Waals surface area contributed by atoms with E-state index in [1.54, 1.807) is 30.7 Å². The van der Waals surface area contributed by atoms with Crippen LogP contribution in [0.25, 0.3) is 10.8 Å². The van der Waals surface area contributed by atoms with E-state index in [1.807, 2.05) is 47.0 Å². The number of amides is 1. The van der Waals surface area contributed by atoms with Crippen LogP contribution in [0.5, 0.6) is 0 Å². The third kappa shape index (κ3) is 8.40. The Morgan fingerprint density at radius 3 is 2.51 bits per heavy atom. The number of halogens is 1. The number of rotatable bonds is 13. The van der Waals surface area contributed by atoms with Crippen LogP contribution in [0.2, 0.25) is 5.02 Å². The van der Waals surface area contributed by atoms with Crippen molar-refractivity contribution in [2.75, 3.05) is 11.9 Å². The highest BCUT2D eigenvalue weighted by atomic mass is 35.5. The maximum atomic E-state index is 14.9. The molecule has 1 amide bonds. The lowest BCUT2D eigenvalue weighted by molar-refractivity contribution is -0.384. The fourth-order valence-corrected chi connectivity index (χ4v) is 5.90. The van der Waals surface area contributed by atoms with Gasteiger partial charge < -0.3 is 9.88 Å². The number of hydrogen-bond donors (Lipinski definition) is 2. The van der Waals surface area contributed by atoms with E-state index in [-0.39, 0.29) is 16.7 Å². The molecule has 0 radical (unpaired) electrons. The molecule has 0 fully saturated rings. The van der Waals surface area contributed by atoms with Gasteiger partial charge in [-0.2, -0.15) is 0 Å². The number of thiocarbonyl (C=S) groups is 1. The van der Waals surface area contributed by atoms with E-state index in [1.165, 1.54) is 17.1 Å². The normalized spacial score (nSPS) is 12.4. The second-order valence-electron chi connectivity index (χ2n) is 11.6. The first-order valence-corrected chi connectivity index (χ1v) is 16.4. The lowest BCUT2D eigenvalue weighted by Gasteiger charge is -2.30. The van der Waals surface area contributed by atoms with Gasteiger partial charge in [0.1, 0.15) is 0 Å². The van der Waals surface area contributed by atoms with Crippen LogP contribution in [0.3, 0.4) is 0 Å². The summed E-state index contributed by atoms with van der Waals surface area (Å²) in [6, 6.07) is 27.8. The highest BCUT2D eigenvalue weighted by Gasteiger charge is 2.32. The first kappa shape index (κ1) is 33.7. The topological polar surface area (TPSA) is 105 Å². The molecule has 9 nitrogen and oxygen atoms in total. The third-order valence-corrected chi connectivity index (χ3v) is 8.96. The molecular weight excluding hydrogens is 632 g/mol. The lowest BCUT2D eigenvalue weighted by atomic mass is 9.92. The summed E-state index contributed by atoms with van der Waals surface area (Å²) < 4.78 is 1.91. The summed E-state index contributed by atoms with van der Waals surface area (Å²) in [6.07, 6.45) is 5.64. The van der Waals surface area contributed by atoms with E-state index in [2.05, 4.69) is 47.8 Å². The van der Waals surface area contributed by atoms with Crippen molar-refractivity contribution in [3.63, 3.8) is 0 Å². The molecule has 5 aromatic rings. The molecule has 0 aliphatic rings. The molecule has 2 N–H and O–H groups in total. The van der Waals surface area contributed by atoms with E-state index in [9.17, 15) is 14.9 Å². The van der Waals surface area contributed by atoms with E-state index in [0.717, 1.165) is 34.7 Å². The van der Waals surface area contributed by atoms with Crippen LogP contribution in [0, 0.1) is 16.0 Å². The van der Waals surface area contributed by atoms with Crippen molar-refractivity contribution in [2.24, 2.45) is 5.92 Å². The fourth-order valence-electron chi connectivity index (χ4n) is 5.45. The number of nitrogens with zero attached hydrogens (tertiary/aromatic N) is 4. The lowest BCUT2D eigenvalue weighted by Crippen LogP contribution is -2.51. The molecule has 0 spiro atoms. The predicted octanol–water partition coefficient (Wildman–Crippen LogP) is 8.14. The zero-order chi connectivity index (χ0) is 33.3. The number of hydrazine groups is 1. The van der Waals surface area contributed by atoms with Crippen LogP contribution in [0.15, 0.2) is 104 Å². The Kier molecular flexibility index (Phi) is 11.3. The van der Waals surface area contributed by atoms with Gasteiger partial charge in [-0.3, -0.25) is 14.9 Å². The number of aromatic nitrogens is 2. The summed E-state index contributed by atoms with van der Waals surface area (Å²) >= 11 is 12.3. The zero-order valence-electron chi connectivity index (χ0n) is 26.3. The number of nitrogens with one attached hydrogen (secondary N) is 2. The minimum atomic E-state index is -0.691. The summed E-state index contributed by atoms with van der Waals surface area (Å²) in [7, 11) is 0. The Labute approximate surface area is 284 Å². The highest BCUT2D eigenvalue weighted by Crippen LogP contribution is 2.29. The van der Waals surface area contributed by atoms with Crippen molar-refractivity contribution in [1.82, 2.24) is 20.0 Å². The van der Waals surface area contributed by atoms with E-state index < -0.39 is 10.8 Å². The molecule has 1 heterocycles. The molecule has 0 saturated carbocycles. The first-order chi connectivity index (χ1) is 22.7. The number of anilines is 1. The van der Waals surface area contributed by atoms with Crippen molar-refractivity contribution in [3.8, 4) is 0 Å². The number of non-ortho nitro benzene ring substituents is 1. The van der Waals surface area contributed by atoms with E-state index in [4.69, 9.17) is 23.8 Å². The predicted molar refractivity (Wildman–Crippen MR) is 191 cm³/mol. The Morgan fingerprint density at radius 1 is 1.04 bits per heavy atom. The number of fused-ring (bicyclic) bond motifs is 1. The molecule has 5 rings (SSSR count). The summed E-state index contributed by atoms with van der Waals surface area (Å²) in [5.74, 6) is -0.486. The van der Waals surface area contributed by atoms with Gasteiger partial charge in [-0.05, 0) is 65.0 Å². The van der Waals surface area contributed by atoms with Gasteiger partial charge in [0.2, 0.25) is 0 Å². The number of benzene rings is 4. The molecule has 0 aliphatic heterocycles. The van der Waals surface area contributed by atoms with Crippen LogP contribution in [0.1, 0.15) is 49.4 Å². The van der Waals surface area contributed by atoms with E-state index >= 15 is 0 Å². The first-order valence-electron chi connectivity index (χ1n) is 15.6. The number of para-hydroxylation sites is 1. The minimum Gasteiger partial charge on any atom is -0.330 e. The van der Waals surface area contributed by atoms with Crippen LogP contribution in [-0.4, -0.2) is 37.0 Å². The highest BCUT2D eigenvalue weighted by molar-refractivity contribution is 7.80. The Hall–Kier alpha value is -4.64. The van der Waals surface area contributed by atoms with Crippen LogP contribution in [0.4, 0.5) is 11.4 Å². The second kappa shape index (κ2) is 15.8. The Bertz CT molecular complexity index is 1860. The largest absolute Gasteiger partial charge is 0.330 e. The summed E-state index contributed by atoms with van der Waals surface area (Å²) in [5.41, 5.74) is 6.46. The standard InChI is InChI=1S/C36H37ClN6O3S/c1-3-25(2)19-20-39-42(36(47)40-33-14-7-6-13-32(33)37)35(44)31(21-28-11-8-10-27-9-4-5-12-30(27)28)34-22-38-24-41(34)23-26-15-17-29(18-16-26)43(45)46/h4-18,22,24-25,31,39H,3,19-21,23H2,1-2H3,(H,40,47)/t25-,31?/m0/s1. The molecular formula is C36H37ClN6O3S. The molecule has 0 saturated heterocycles. The van der Waals surface area contributed by atoms with Gasteiger partial charge in [0.05, 0.1) is 33.6 Å². The summed E-state index contributed by atoms with van der Waals surface area (Å²) in [4.78, 5) is 30.1. The number of nitro groups is 1. The van der Waals surface area contributed by atoms with Crippen molar-refractivity contribution in [1.29, 1.82) is 0 Å². The SMILES string of the molecule is CC[C@H](C)CCNN(C(=O)C(Cc1cccc2ccccc12)c1cncn1Cc1ccc([N+](=O)[O-])cc1)C(=S)Nc1ccccc1Cl. The molecule has 1 aromatic heterocycles. The average Bonchev–Trinajstić information content (AvgIpc) is 3.54. The van der Waals surface area contributed by atoms with Gasteiger partial charge in [-0.1, -0.05) is 98.6 Å². The van der Waals surface area contributed by atoms with Gasteiger partial charge >= 0.3 is 0 Å². The molecule has 1 unspecified atom stereocenters. The number of imidazole rings is 1. The molecule has 242 valence electrons. The monoisotopic (exact) mass is 668 g/mol. The minimum absolute atomic E-state index is 0.0160. The smallest absolute Gasteiger partial charge is 0.269 e. The van der Waals surface area contributed by atoms with Crippen molar-refractivity contribution < 1.29 is 9.72 Å². The summed E-state index contributed by atoms with van der Waals surface area (Å²) in [6.45, 7) is 5.22. The van der Waals surface area contributed by atoms with Crippen LogP contribution >= 0.6 is 23.8 Å². The van der Waals surface area contributed by atoms with E-state index in [0.29, 0.717) is 41.8 Å². The van der Waals surface area contributed by atoms with Gasteiger partial charge in [0, 0.05) is 31.4 Å². The number of hydrogen-bond acceptors (Lipinski definition) is 6. The fraction of sp³-hybridized carbons (Fsp3) is 0.250. The van der Waals surface area contributed by atoms with Gasteiger partial charge in [-0.25, -0.2) is 15.4 Å². The van der Waals surface area contributed by atoms with Crippen molar-refractivity contribution in [2.45, 2.75) is 45.6 Å². The van der Waals surface area contributed by atoms with Crippen molar-refractivity contribution in [3.05, 3.63) is 135 Å². The summed E-state index contributed by atoms with van der Waals surface area (Å²) in [5, 5.41) is 18.6. The zero-order valence-corrected chi connectivity index (χ0v) is 27.9. The molecule has 2 atom stereocenters. The number of carbonyl (C=O) groups excluding carboxylic acids is 1. The molecule has 0 aliphatic carbocycles. The van der Waals surface area contributed by atoms with Crippen LogP contribution in [-0.2, 0) is 17.8 Å². The molecule has 4 aromatic carbocycles. The maximum absolute atomic E-state index is 14.9. The quantitative estimate of drug-likeness (QED) is 0.0741. The number of carbonyl (C=O) groups is 1.